The van der Waals surface area contributed by atoms with E-state index < -0.39 is 0 Å². The molecule has 2 saturated carbocycles. The first-order valence-electron chi connectivity index (χ1n) is 6.10. The average molecular weight is 211 g/mol. The Balaban J connectivity index is 2.00. The lowest BCUT2D eigenvalue weighted by molar-refractivity contribution is -0.132. The summed E-state index contributed by atoms with van der Waals surface area (Å²) in [6.07, 6.45) is 7.21. The van der Waals surface area contributed by atoms with E-state index in [2.05, 4.69) is 12.2 Å². The van der Waals surface area contributed by atoms with Crippen molar-refractivity contribution in [3.8, 4) is 0 Å². The van der Waals surface area contributed by atoms with E-state index in [1.165, 1.54) is 12.8 Å². The molecule has 0 spiro atoms. The SMILES string of the molecule is CCC1(C(=O)NC2(CO)CC2)CCCC1. The highest BCUT2D eigenvalue weighted by Gasteiger charge is 2.48. The fraction of sp³-hybridized carbons (Fsp3) is 0.917. The normalized spacial score (nSPS) is 26.3. The maximum Gasteiger partial charge on any atom is 0.226 e. The van der Waals surface area contributed by atoms with Gasteiger partial charge in [0.15, 0.2) is 0 Å². The molecule has 2 aliphatic rings. The first kappa shape index (κ1) is 10.9. The number of aliphatic hydroxyl groups excluding tert-OH is 1. The highest BCUT2D eigenvalue weighted by molar-refractivity contribution is 5.84. The molecule has 86 valence electrons. The molecule has 0 atom stereocenters. The summed E-state index contributed by atoms with van der Waals surface area (Å²) in [5, 5.41) is 12.3. The Morgan fingerprint density at radius 3 is 2.27 bits per heavy atom. The molecule has 0 aromatic carbocycles. The van der Waals surface area contributed by atoms with Gasteiger partial charge in [0.2, 0.25) is 5.91 Å². The summed E-state index contributed by atoms with van der Waals surface area (Å²) in [6, 6.07) is 0. The molecule has 2 rings (SSSR count). The molecule has 3 nitrogen and oxygen atoms in total. The van der Waals surface area contributed by atoms with E-state index in [1.807, 2.05) is 0 Å². The average Bonchev–Trinajstić information content (AvgIpc) is 2.85. The first-order chi connectivity index (χ1) is 7.16. The van der Waals surface area contributed by atoms with Gasteiger partial charge in [-0.25, -0.2) is 0 Å². The second-order valence-electron chi connectivity index (χ2n) is 5.23. The predicted molar refractivity (Wildman–Crippen MR) is 58.4 cm³/mol. The standard InChI is InChI=1S/C12H21NO2/c1-2-11(5-3-4-6-11)10(15)13-12(9-14)7-8-12/h14H,2-9H2,1H3,(H,13,15). The van der Waals surface area contributed by atoms with Gasteiger partial charge in [-0.3, -0.25) is 4.79 Å². The van der Waals surface area contributed by atoms with Crippen molar-refractivity contribution in [3.05, 3.63) is 0 Å². The molecule has 15 heavy (non-hydrogen) atoms. The number of carbonyl (C=O) groups is 1. The number of hydrogen-bond donors (Lipinski definition) is 2. The van der Waals surface area contributed by atoms with E-state index in [9.17, 15) is 9.90 Å². The minimum Gasteiger partial charge on any atom is -0.394 e. The summed E-state index contributed by atoms with van der Waals surface area (Å²) in [7, 11) is 0. The van der Waals surface area contributed by atoms with Crippen LogP contribution in [-0.4, -0.2) is 23.2 Å². The van der Waals surface area contributed by atoms with E-state index in [0.717, 1.165) is 32.1 Å². The van der Waals surface area contributed by atoms with Gasteiger partial charge in [-0.2, -0.15) is 0 Å². The van der Waals surface area contributed by atoms with Crippen molar-refractivity contribution in [2.24, 2.45) is 5.41 Å². The number of hydrogen-bond acceptors (Lipinski definition) is 2. The zero-order valence-corrected chi connectivity index (χ0v) is 9.51. The Morgan fingerprint density at radius 2 is 1.87 bits per heavy atom. The minimum atomic E-state index is -0.248. The van der Waals surface area contributed by atoms with E-state index >= 15 is 0 Å². The summed E-state index contributed by atoms with van der Waals surface area (Å²) in [5.74, 6) is 0.189. The van der Waals surface area contributed by atoms with Gasteiger partial charge in [-0.1, -0.05) is 19.8 Å². The van der Waals surface area contributed by atoms with Crippen molar-refractivity contribution in [2.45, 2.75) is 57.4 Å². The van der Waals surface area contributed by atoms with E-state index in [0.29, 0.717) is 0 Å². The third-order valence-corrected chi connectivity index (χ3v) is 4.25. The van der Waals surface area contributed by atoms with Crippen LogP contribution in [0.3, 0.4) is 0 Å². The fourth-order valence-electron chi connectivity index (χ4n) is 2.64. The van der Waals surface area contributed by atoms with Gasteiger partial charge in [-0.15, -0.1) is 0 Å². The number of nitrogens with one attached hydrogen (secondary N) is 1. The molecule has 0 aliphatic heterocycles. The lowest BCUT2D eigenvalue weighted by Crippen LogP contribution is -2.47. The largest absolute Gasteiger partial charge is 0.394 e. The van der Waals surface area contributed by atoms with E-state index in [-0.39, 0.29) is 23.5 Å². The summed E-state index contributed by atoms with van der Waals surface area (Å²) < 4.78 is 0. The Kier molecular flexibility index (Phi) is 2.75. The maximum absolute atomic E-state index is 12.2. The summed E-state index contributed by atoms with van der Waals surface area (Å²) in [6.45, 7) is 2.20. The van der Waals surface area contributed by atoms with Crippen molar-refractivity contribution in [2.75, 3.05) is 6.61 Å². The zero-order chi connectivity index (χ0) is 10.9. The molecule has 0 radical (unpaired) electrons. The highest BCUT2D eigenvalue weighted by atomic mass is 16.3. The highest BCUT2D eigenvalue weighted by Crippen LogP contribution is 2.43. The van der Waals surface area contributed by atoms with Gasteiger partial charge in [-0.05, 0) is 32.1 Å². The monoisotopic (exact) mass is 211 g/mol. The van der Waals surface area contributed by atoms with Crippen molar-refractivity contribution in [3.63, 3.8) is 0 Å². The Labute approximate surface area is 91.2 Å². The number of rotatable bonds is 4. The van der Waals surface area contributed by atoms with Crippen LogP contribution >= 0.6 is 0 Å². The third kappa shape index (κ3) is 1.89. The first-order valence-corrected chi connectivity index (χ1v) is 6.10. The van der Waals surface area contributed by atoms with Crippen LogP contribution in [0.5, 0.6) is 0 Å². The Hall–Kier alpha value is -0.570. The molecule has 1 amide bonds. The maximum atomic E-state index is 12.2. The second kappa shape index (κ2) is 3.78. The Morgan fingerprint density at radius 1 is 1.27 bits per heavy atom. The van der Waals surface area contributed by atoms with Gasteiger partial charge in [0.05, 0.1) is 12.1 Å². The number of carbonyl (C=O) groups excluding carboxylic acids is 1. The summed E-state index contributed by atoms with van der Waals surface area (Å²) in [5.41, 5.74) is -0.368. The molecule has 3 heteroatoms. The minimum absolute atomic E-state index is 0.0958. The molecule has 2 N–H and O–H groups in total. The fourth-order valence-corrected chi connectivity index (χ4v) is 2.64. The van der Waals surface area contributed by atoms with E-state index in [4.69, 9.17) is 0 Å². The van der Waals surface area contributed by atoms with Crippen LogP contribution in [0.4, 0.5) is 0 Å². The molecule has 0 heterocycles. The molecule has 0 saturated heterocycles. The molecule has 0 aromatic heterocycles. The molecule has 2 fully saturated rings. The van der Waals surface area contributed by atoms with Crippen molar-refractivity contribution < 1.29 is 9.90 Å². The molecule has 2 aliphatic carbocycles. The zero-order valence-electron chi connectivity index (χ0n) is 9.51. The molecule has 0 bridgehead atoms. The lowest BCUT2D eigenvalue weighted by Gasteiger charge is -2.28. The van der Waals surface area contributed by atoms with Gasteiger partial charge in [0.25, 0.3) is 0 Å². The molecular weight excluding hydrogens is 190 g/mol. The lowest BCUT2D eigenvalue weighted by atomic mass is 9.82. The number of aliphatic hydroxyl groups is 1. The van der Waals surface area contributed by atoms with E-state index in [1.54, 1.807) is 0 Å². The molecule has 0 aromatic rings. The van der Waals surface area contributed by atoms with Crippen molar-refractivity contribution >= 4 is 5.91 Å². The van der Waals surface area contributed by atoms with Crippen LogP contribution in [0.15, 0.2) is 0 Å². The topological polar surface area (TPSA) is 49.3 Å². The quantitative estimate of drug-likeness (QED) is 0.742. The van der Waals surface area contributed by atoms with Crippen molar-refractivity contribution in [1.29, 1.82) is 0 Å². The Bertz CT molecular complexity index is 252. The van der Waals surface area contributed by atoms with Gasteiger partial charge in [0.1, 0.15) is 0 Å². The van der Waals surface area contributed by atoms with Crippen LogP contribution in [-0.2, 0) is 4.79 Å². The predicted octanol–water partition coefficient (Wildman–Crippen LogP) is 1.60. The van der Waals surface area contributed by atoms with Gasteiger partial charge < -0.3 is 10.4 Å². The van der Waals surface area contributed by atoms with Crippen LogP contribution in [0, 0.1) is 5.41 Å². The van der Waals surface area contributed by atoms with Crippen LogP contribution < -0.4 is 5.32 Å². The van der Waals surface area contributed by atoms with Crippen LogP contribution in [0.25, 0.3) is 0 Å². The van der Waals surface area contributed by atoms with Crippen LogP contribution in [0.1, 0.15) is 51.9 Å². The van der Waals surface area contributed by atoms with Crippen molar-refractivity contribution in [1.82, 2.24) is 5.32 Å². The number of amides is 1. The van der Waals surface area contributed by atoms with Gasteiger partial charge in [0, 0.05) is 5.41 Å². The summed E-state index contributed by atoms with van der Waals surface area (Å²) >= 11 is 0. The van der Waals surface area contributed by atoms with Crippen LogP contribution in [0.2, 0.25) is 0 Å². The smallest absolute Gasteiger partial charge is 0.226 e. The third-order valence-electron chi connectivity index (χ3n) is 4.25. The summed E-state index contributed by atoms with van der Waals surface area (Å²) in [4.78, 5) is 12.2. The van der Waals surface area contributed by atoms with Gasteiger partial charge >= 0.3 is 0 Å². The molecular formula is C12H21NO2. The molecule has 0 unspecified atom stereocenters. The second-order valence-corrected chi connectivity index (χ2v) is 5.23.